The lowest BCUT2D eigenvalue weighted by molar-refractivity contribution is 0.668. The van der Waals surface area contributed by atoms with Gasteiger partial charge in [0.1, 0.15) is 33.5 Å². The Bertz CT molecular complexity index is 6960. The van der Waals surface area contributed by atoms with E-state index in [0.29, 0.717) is 5.82 Å². The van der Waals surface area contributed by atoms with Crippen molar-refractivity contribution in [1.29, 1.82) is 0 Å². The Hall–Kier alpha value is -13.8. The van der Waals surface area contributed by atoms with Crippen LogP contribution in [0.1, 0.15) is 0 Å². The van der Waals surface area contributed by atoms with E-state index in [9.17, 15) is 0 Å². The van der Waals surface area contributed by atoms with Gasteiger partial charge in [-0.25, -0.2) is 9.97 Å². The van der Waals surface area contributed by atoms with Crippen LogP contribution in [0.5, 0.6) is 0 Å². The maximum atomic E-state index is 6.24. The number of para-hydroxylation sites is 6. The Morgan fingerprint density at radius 2 is 0.480 bits per heavy atom. The molecule has 0 aliphatic rings. The van der Waals surface area contributed by atoms with Crippen molar-refractivity contribution in [2.24, 2.45) is 0 Å². The van der Waals surface area contributed by atoms with Crippen LogP contribution in [0.3, 0.4) is 0 Å². The van der Waals surface area contributed by atoms with Gasteiger partial charge in [0.2, 0.25) is 0 Å². The van der Waals surface area contributed by atoms with Crippen molar-refractivity contribution >= 4 is 131 Å². The lowest BCUT2D eigenvalue weighted by Crippen LogP contribution is -1.99. The van der Waals surface area contributed by atoms with Crippen LogP contribution in [0.2, 0.25) is 0 Å². The molecule has 0 aliphatic carbocycles. The van der Waals surface area contributed by atoms with Gasteiger partial charge in [-0.1, -0.05) is 170 Å². The highest BCUT2D eigenvalue weighted by Crippen LogP contribution is 2.43. The molecule has 8 nitrogen and oxygen atoms in total. The summed E-state index contributed by atoms with van der Waals surface area (Å²) >= 11 is 0. The zero-order valence-electron chi connectivity index (χ0n) is 54.7. The van der Waals surface area contributed by atoms with Gasteiger partial charge >= 0.3 is 0 Å². The average molecular weight is 1300 g/mol. The number of furan rings is 3. The van der Waals surface area contributed by atoms with Crippen LogP contribution in [0.4, 0.5) is 0 Å². The molecule has 8 heteroatoms. The first-order valence-electron chi connectivity index (χ1n) is 34.6. The number of benzene rings is 15. The predicted octanol–water partition coefficient (Wildman–Crippen LogP) is 25.5. The van der Waals surface area contributed by atoms with E-state index in [4.69, 9.17) is 23.2 Å². The Morgan fingerprint density at radius 3 is 0.892 bits per heavy atom. The first-order valence-corrected chi connectivity index (χ1v) is 34.6. The molecule has 15 aromatic carbocycles. The van der Waals surface area contributed by atoms with E-state index in [1.807, 2.05) is 36.4 Å². The first-order chi connectivity index (χ1) is 50.5. The fourth-order valence-corrected chi connectivity index (χ4v) is 16.2. The molecule has 0 bridgehead atoms. The Morgan fingerprint density at radius 1 is 0.176 bits per heavy atom. The quantitative estimate of drug-likeness (QED) is 0.144. The maximum Gasteiger partial charge on any atom is 0.160 e. The van der Waals surface area contributed by atoms with Gasteiger partial charge in [-0.15, -0.1) is 0 Å². The fourth-order valence-electron chi connectivity index (χ4n) is 16.2. The average Bonchev–Trinajstić information content (AvgIpc) is 1.59. The molecule has 0 atom stereocenters. The predicted molar refractivity (Wildman–Crippen MR) is 419 cm³/mol. The molecular formula is C94H55N5O3. The van der Waals surface area contributed by atoms with Gasteiger partial charge in [-0.3, -0.25) is 0 Å². The minimum absolute atomic E-state index is 0.627. The summed E-state index contributed by atoms with van der Waals surface area (Å²) in [6.45, 7) is 0. The maximum absolute atomic E-state index is 6.24. The summed E-state index contributed by atoms with van der Waals surface area (Å²) in [4.78, 5) is 11.0. The normalized spacial score (nSPS) is 12.1. The second kappa shape index (κ2) is 21.8. The second-order valence-electron chi connectivity index (χ2n) is 26.8. The summed E-state index contributed by atoms with van der Waals surface area (Å²) in [5.41, 5.74) is 26.6. The van der Waals surface area contributed by atoms with Crippen LogP contribution in [0, 0.1) is 0 Å². The third-order valence-electron chi connectivity index (χ3n) is 21.1. The van der Waals surface area contributed by atoms with E-state index in [1.54, 1.807) is 0 Å². The summed E-state index contributed by atoms with van der Waals surface area (Å²) in [7, 11) is 0. The molecule has 7 heterocycles. The van der Waals surface area contributed by atoms with Gasteiger partial charge in [0.15, 0.2) is 5.82 Å². The lowest BCUT2D eigenvalue weighted by Gasteiger charge is -2.14. The van der Waals surface area contributed by atoms with E-state index in [1.165, 1.54) is 32.3 Å². The molecule has 0 spiro atoms. The molecule has 0 N–H and O–H groups in total. The summed E-state index contributed by atoms with van der Waals surface area (Å²) in [6, 6.07) is 120. The molecule has 102 heavy (non-hydrogen) atoms. The highest BCUT2D eigenvalue weighted by molar-refractivity contribution is 6.15. The molecule has 0 radical (unpaired) electrons. The summed E-state index contributed by atoms with van der Waals surface area (Å²) < 4.78 is 25.8. The monoisotopic (exact) mass is 1300 g/mol. The number of fused-ring (bicyclic) bond motifs is 18. The number of aromatic nitrogens is 5. The molecule has 0 saturated carbocycles. The molecule has 0 unspecified atom stereocenters. The van der Waals surface area contributed by atoms with E-state index in [-0.39, 0.29) is 0 Å². The highest BCUT2D eigenvalue weighted by atomic mass is 16.3. The van der Waals surface area contributed by atoms with Crippen LogP contribution in [-0.2, 0) is 0 Å². The Balaban J connectivity index is 0.656. The van der Waals surface area contributed by atoms with Crippen molar-refractivity contribution < 1.29 is 13.3 Å². The third kappa shape index (κ3) is 8.69. The van der Waals surface area contributed by atoms with E-state index in [0.717, 1.165) is 177 Å². The molecular weight excluding hydrogens is 1250 g/mol. The minimum atomic E-state index is 0.627. The molecule has 0 fully saturated rings. The molecule has 474 valence electrons. The number of rotatable bonds is 9. The van der Waals surface area contributed by atoms with Crippen LogP contribution in [0.25, 0.3) is 216 Å². The standard InChI is InChI=1S/C94H55N5O3/c1-7-22-82-68(16-1)74-49-58(61-35-45-91-77(52-61)71-19-4-10-25-88(71)100-91)32-42-85(74)97(82)65-38-28-56(29-39-65)80-55-81(64-14-13-15-67(48-64)99-84-24-9-3-18-70(84)76-51-60(34-44-87(76)99)63-37-47-93-79(54-63)73-21-6-12-27-90(73)102-93)96-94(95-80)57-30-40-66(41-31-57)98-83-23-8-2-17-69(83)75-50-59(33-43-86(75)98)62-36-46-92-78(53-62)72-20-5-11-26-89(72)101-92/h1-55H. The van der Waals surface area contributed by atoms with Crippen LogP contribution < -0.4 is 0 Å². The Kier molecular flexibility index (Phi) is 12.0. The SMILES string of the molecule is c1cc(-c2cc(-c3ccc(-n4c5ccccc5c5cc(-c6ccc7oc8ccccc8c7c6)ccc54)cc3)nc(-c3ccc(-n4c5ccccc5c5cc(-c6ccc7oc8ccccc8c7c6)ccc54)cc3)n2)cc(-n2c3ccccc3c3cc(-c4ccc5oc6ccccc6c5c4)ccc32)c1. The van der Waals surface area contributed by atoms with Crippen LogP contribution in [0.15, 0.2) is 347 Å². The van der Waals surface area contributed by atoms with Crippen molar-refractivity contribution in [3.05, 3.63) is 334 Å². The fraction of sp³-hybridized carbons (Fsp3) is 0. The van der Waals surface area contributed by atoms with Gasteiger partial charge in [-0.05, 0) is 197 Å². The van der Waals surface area contributed by atoms with Gasteiger partial charge in [-0.2, -0.15) is 0 Å². The van der Waals surface area contributed by atoms with E-state index < -0.39 is 0 Å². The molecule has 22 rings (SSSR count). The molecule has 0 saturated heterocycles. The molecule has 7 aromatic heterocycles. The van der Waals surface area contributed by atoms with Crippen LogP contribution >= 0.6 is 0 Å². The van der Waals surface area contributed by atoms with Gasteiger partial charge in [0.05, 0.1) is 44.5 Å². The number of hydrogen-bond acceptors (Lipinski definition) is 5. The van der Waals surface area contributed by atoms with Crippen molar-refractivity contribution in [2.75, 3.05) is 0 Å². The second-order valence-corrected chi connectivity index (χ2v) is 26.8. The highest BCUT2D eigenvalue weighted by Gasteiger charge is 2.21. The summed E-state index contributed by atoms with van der Waals surface area (Å²) in [6.07, 6.45) is 0. The number of nitrogens with zero attached hydrogens (tertiary/aromatic N) is 5. The molecule has 0 amide bonds. The van der Waals surface area contributed by atoms with Crippen molar-refractivity contribution in [2.45, 2.75) is 0 Å². The lowest BCUT2D eigenvalue weighted by atomic mass is 10.0. The first kappa shape index (κ1) is 56.2. The summed E-state index contributed by atoms with van der Waals surface area (Å²) in [5.74, 6) is 0.627. The van der Waals surface area contributed by atoms with Crippen LogP contribution in [-0.4, -0.2) is 23.7 Å². The zero-order chi connectivity index (χ0) is 66.7. The van der Waals surface area contributed by atoms with Crippen molar-refractivity contribution in [3.63, 3.8) is 0 Å². The minimum Gasteiger partial charge on any atom is -0.456 e. The topological polar surface area (TPSA) is 80.0 Å². The van der Waals surface area contributed by atoms with E-state index >= 15 is 0 Å². The van der Waals surface area contributed by atoms with Gasteiger partial charge in [0.25, 0.3) is 0 Å². The van der Waals surface area contributed by atoms with Crippen molar-refractivity contribution in [1.82, 2.24) is 23.7 Å². The smallest absolute Gasteiger partial charge is 0.160 e. The Labute approximate surface area is 582 Å². The third-order valence-corrected chi connectivity index (χ3v) is 21.1. The molecule has 0 aliphatic heterocycles. The van der Waals surface area contributed by atoms with E-state index in [2.05, 4.69) is 311 Å². The van der Waals surface area contributed by atoms with Gasteiger partial charge < -0.3 is 27.0 Å². The van der Waals surface area contributed by atoms with Crippen molar-refractivity contribution in [3.8, 4) is 84.3 Å². The zero-order valence-corrected chi connectivity index (χ0v) is 54.7. The molecule has 22 aromatic rings. The number of hydrogen-bond donors (Lipinski definition) is 0. The van der Waals surface area contributed by atoms with Gasteiger partial charge in [0, 0.05) is 98.4 Å². The summed E-state index contributed by atoms with van der Waals surface area (Å²) in [5, 5.41) is 13.8. The largest absolute Gasteiger partial charge is 0.456 e.